The molecule has 0 aliphatic carbocycles. The van der Waals surface area contributed by atoms with Crippen LogP contribution < -0.4 is 10.2 Å². The normalized spacial score (nSPS) is 20.6. The quantitative estimate of drug-likeness (QED) is 0.819. The Labute approximate surface area is 97.7 Å². The van der Waals surface area contributed by atoms with E-state index in [-0.39, 0.29) is 0 Å². The van der Waals surface area contributed by atoms with Crippen LogP contribution in [0.4, 0.5) is 5.95 Å². The Balaban J connectivity index is 2.00. The molecule has 4 heteroatoms. The lowest BCUT2D eigenvalue weighted by atomic mass is 10.3. The van der Waals surface area contributed by atoms with Crippen LogP contribution in [0.25, 0.3) is 0 Å². The predicted molar refractivity (Wildman–Crippen MR) is 66.8 cm³/mol. The third kappa shape index (κ3) is 2.38. The van der Waals surface area contributed by atoms with E-state index in [1.807, 2.05) is 13.2 Å². The highest BCUT2D eigenvalue weighted by atomic mass is 15.3. The minimum atomic E-state index is 0.622. The molecular weight excluding hydrogens is 200 g/mol. The maximum atomic E-state index is 4.48. The molecule has 1 atom stereocenters. The summed E-state index contributed by atoms with van der Waals surface area (Å²) in [4.78, 5) is 6.87. The molecule has 0 bridgehead atoms. The molecule has 0 aromatic carbocycles. The van der Waals surface area contributed by atoms with Crippen LogP contribution in [0.1, 0.15) is 26.2 Å². The molecule has 1 saturated heterocycles. The van der Waals surface area contributed by atoms with Gasteiger partial charge in [0, 0.05) is 38.1 Å². The summed E-state index contributed by atoms with van der Waals surface area (Å²) in [6.45, 7) is 5.52. The molecule has 0 radical (unpaired) electrons. The van der Waals surface area contributed by atoms with Gasteiger partial charge in [0.1, 0.15) is 0 Å². The fraction of sp³-hybridized carbons (Fsp3) is 0.750. The molecule has 0 saturated carbocycles. The summed E-state index contributed by atoms with van der Waals surface area (Å²) in [5, 5.41) is 3.34. The highest BCUT2D eigenvalue weighted by Crippen LogP contribution is 2.18. The summed E-state index contributed by atoms with van der Waals surface area (Å²) in [6.07, 6.45) is 7.69. The zero-order valence-electron chi connectivity index (χ0n) is 10.3. The van der Waals surface area contributed by atoms with Crippen molar-refractivity contribution in [3.63, 3.8) is 0 Å². The largest absolute Gasteiger partial charge is 0.341 e. The summed E-state index contributed by atoms with van der Waals surface area (Å²) in [6, 6.07) is 0.622. The molecule has 1 fully saturated rings. The molecule has 1 N–H and O–H groups in total. The first kappa shape index (κ1) is 11.5. The number of hydrogen-bond donors (Lipinski definition) is 1. The molecule has 1 aromatic rings. The van der Waals surface area contributed by atoms with Crippen LogP contribution in [0.3, 0.4) is 0 Å². The van der Waals surface area contributed by atoms with Crippen LogP contribution in [0.5, 0.6) is 0 Å². The minimum Gasteiger partial charge on any atom is -0.341 e. The number of rotatable bonds is 5. The minimum absolute atomic E-state index is 0.622. The van der Waals surface area contributed by atoms with Crippen molar-refractivity contribution < 1.29 is 0 Å². The molecule has 4 nitrogen and oxygen atoms in total. The zero-order chi connectivity index (χ0) is 11.4. The molecule has 2 rings (SSSR count). The molecule has 1 aliphatic heterocycles. The SMILES string of the molecule is CCCCn1ccnc1N1CCC(NC)C1. The van der Waals surface area contributed by atoms with E-state index in [4.69, 9.17) is 0 Å². The number of aryl methyl sites for hydroxylation is 1. The first-order chi connectivity index (χ1) is 7.85. The molecule has 90 valence electrons. The van der Waals surface area contributed by atoms with Gasteiger partial charge in [-0.3, -0.25) is 0 Å². The van der Waals surface area contributed by atoms with E-state index >= 15 is 0 Å². The van der Waals surface area contributed by atoms with Gasteiger partial charge in [0.05, 0.1) is 0 Å². The van der Waals surface area contributed by atoms with E-state index in [0.29, 0.717) is 6.04 Å². The van der Waals surface area contributed by atoms with Crippen LogP contribution in [-0.4, -0.2) is 35.7 Å². The van der Waals surface area contributed by atoms with E-state index in [2.05, 4.69) is 32.9 Å². The zero-order valence-corrected chi connectivity index (χ0v) is 10.3. The number of imidazole rings is 1. The molecule has 2 heterocycles. The van der Waals surface area contributed by atoms with Gasteiger partial charge in [-0.25, -0.2) is 4.98 Å². The number of unbranched alkanes of at least 4 members (excludes halogenated alkanes) is 1. The Morgan fingerprint density at radius 1 is 1.56 bits per heavy atom. The van der Waals surface area contributed by atoms with E-state index in [1.54, 1.807) is 0 Å². The van der Waals surface area contributed by atoms with Crippen LogP contribution in [-0.2, 0) is 6.54 Å². The predicted octanol–water partition coefficient (Wildman–Crippen LogP) is 1.48. The third-order valence-electron chi connectivity index (χ3n) is 3.33. The van der Waals surface area contributed by atoms with Gasteiger partial charge in [-0.1, -0.05) is 13.3 Å². The Kier molecular flexibility index (Phi) is 3.83. The Hall–Kier alpha value is -1.03. The Morgan fingerprint density at radius 3 is 3.12 bits per heavy atom. The van der Waals surface area contributed by atoms with Gasteiger partial charge in [0.25, 0.3) is 0 Å². The van der Waals surface area contributed by atoms with E-state index in [1.165, 1.54) is 19.3 Å². The lowest BCUT2D eigenvalue weighted by Crippen LogP contribution is -2.30. The molecule has 0 amide bonds. The number of aromatic nitrogens is 2. The van der Waals surface area contributed by atoms with Gasteiger partial charge in [-0.05, 0) is 19.9 Å². The average molecular weight is 222 g/mol. The second kappa shape index (κ2) is 5.34. The number of nitrogens with one attached hydrogen (secondary N) is 1. The summed E-state index contributed by atoms with van der Waals surface area (Å²) in [7, 11) is 2.04. The van der Waals surface area contributed by atoms with E-state index < -0.39 is 0 Å². The molecule has 0 spiro atoms. The second-order valence-electron chi connectivity index (χ2n) is 4.49. The van der Waals surface area contributed by atoms with Gasteiger partial charge < -0.3 is 14.8 Å². The summed E-state index contributed by atoms with van der Waals surface area (Å²) < 4.78 is 2.28. The third-order valence-corrected chi connectivity index (χ3v) is 3.33. The number of hydrogen-bond acceptors (Lipinski definition) is 3. The van der Waals surface area contributed by atoms with Crippen molar-refractivity contribution in [1.82, 2.24) is 14.9 Å². The highest BCUT2D eigenvalue weighted by molar-refractivity contribution is 5.33. The summed E-state index contributed by atoms with van der Waals surface area (Å²) in [5.41, 5.74) is 0. The van der Waals surface area contributed by atoms with Crippen LogP contribution in [0.15, 0.2) is 12.4 Å². The first-order valence-electron chi connectivity index (χ1n) is 6.28. The molecular formula is C12H22N4. The average Bonchev–Trinajstić information content (AvgIpc) is 2.94. The molecule has 1 aromatic heterocycles. The number of anilines is 1. The van der Waals surface area contributed by atoms with Crippen molar-refractivity contribution in [2.75, 3.05) is 25.0 Å². The maximum Gasteiger partial charge on any atom is 0.205 e. The summed E-state index contributed by atoms with van der Waals surface area (Å²) in [5.74, 6) is 1.14. The van der Waals surface area contributed by atoms with Crippen molar-refractivity contribution >= 4 is 5.95 Å². The van der Waals surface area contributed by atoms with Gasteiger partial charge in [-0.2, -0.15) is 0 Å². The molecule has 16 heavy (non-hydrogen) atoms. The van der Waals surface area contributed by atoms with Crippen LogP contribution in [0, 0.1) is 0 Å². The van der Waals surface area contributed by atoms with E-state index in [0.717, 1.165) is 25.6 Å². The monoisotopic (exact) mass is 222 g/mol. The fourth-order valence-corrected chi connectivity index (χ4v) is 2.27. The second-order valence-corrected chi connectivity index (χ2v) is 4.49. The van der Waals surface area contributed by atoms with Crippen molar-refractivity contribution in [3.8, 4) is 0 Å². The van der Waals surface area contributed by atoms with Gasteiger partial charge >= 0.3 is 0 Å². The molecule has 1 aliphatic rings. The van der Waals surface area contributed by atoms with Crippen LogP contribution in [0.2, 0.25) is 0 Å². The smallest absolute Gasteiger partial charge is 0.205 e. The summed E-state index contributed by atoms with van der Waals surface area (Å²) >= 11 is 0. The lowest BCUT2D eigenvalue weighted by Gasteiger charge is -2.19. The topological polar surface area (TPSA) is 33.1 Å². The Morgan fingerprint density at radius 2 is 2.44 bits per heavy atom. The number of likely N-dealkylation sites (N-methyl/N-ethyl adjacent to an activating group) is 1. The van der Waals surface area contributed by atoms with Gasteiger partial charge in [0.2, 0.25) is 5.95 Å². The Bertz CT molecular complexity index is 321. The first-order valence-corrected chi connectivity index (χ1v) is 6.28. The molecule has 1 unspecified atom stereocenters. The van der Waals surface area contributed by atoms with Crippen molar-refractivity contribution in [3.05, 3.63) is 12.4 Å². The maximum absolute atomic E-state index is 4.48. The standard InChI is InChI=1S/C12H22N4/c1-3-4-7-15-9-6-14-12(15)16-8-5-11(10-16)13-2/h6,9,11,13H,3-5,7-8,10H2,1-2H3. The fourth-order valence-electron chi connectivity index (χ4n) is 2.27. The van der Waals surface area contributed by atoms with Crippen molar-refractivity contribution in [2.45, 2.75) is 38.8 Å². The van der Waals surface area contributed by atoms with Crippen molar-refractivity contribution in [1.29, 1.82) is 0 Å². The van der Waals surface area contributed by atoms with Gasteiger partial charge in [-0.15, -0.1) is 0 Å². The lowest BCUT2D eigenvalue weighted by molar-refractivity contribution is 0.606. The van der Waals surface area contributed by atoms with Crippen molar-refractivity contribution in [2.24, 2.45) is 0 Å². The van der Waals surface area contributed by atoms with Gasteiger partial charge in [0.15, 0.2) is 0 Å². The highest BCUT2D eigenvalue weighted by Gasteiger charge is 2.23. The van der Waals surface area contributed by atoms with Crippen LogP contribution >= 0.6 is 0 Å². The van der Waals surface area contributed by atoms with E-state index in [9.17, 15) is 0 Å². The number of nitrogens with zero attached hydrogens (tertiary/aromatic N) is 3.